The summed E-state index contributed by atoms with van der Waals surface area (Å²) in [4.78, 5) is 11.1. The van der Waals surface area contributed by atoms with Gasteiger partial charge in [0.25, 0.3) is 0 Å². The van der Waals surface area contributed by atoms with Crippen molar-refractivity contribution in [1.82, 2.24) is 14.5 Å². The van der Waals surface area contributed by atoms with Gasteiger partial charge in [-0.3, -0.25) is 4.57 Å². The minimum atomic E-state index is 0.690. The topological polar surface area (TPSA) is 30.7 Å². The summed E-state index contributed by atoms with van der Waals surface area (Å²) >= 11 is 1.79. The molecule has 0 saturated carbocycles. The van der Waals surface area contributed by atoms with Crippen molar-refractivity contribution in [2.45, 2.75) is 12.8 Å². The molecule has 0 radical (unpaired) electrons. The number of rotatable bonds is 2. The Morgan fingerprint density at radius 3 is 2.17 bits per heavy atom. The second-order valence-corrected chi connectivity index (χ2v) is 15.1. The van der Waals surface area contributed by atoms with Gasteiger partial charge in [-0.2, -0.15) is 0 Å². The first-order chi connectivity index (χ1) is 25.8. The second-order valence-electron chi connectivity index (χ2n) is 14.0. The Kier molecular flexibility index (Phi) is 5.77. The van der Waals surface area contributed by atoms with Crippen molar-refractivity contribution >= 4 is 103 Å². The van der Waals surface area contributed by atoms with Gasteiger partial charge in [0.2, 0.25) is 5.95 Å². The zero-order chi connectivity index (χ0) is 33.9. The number of nitrogens with zero attached hydrogens (tertiary/aromatic N) is 3. The molecular weight excluding hydrogens is 651 g/mol. The van der Waals surface area contributed by atoms with E-state index in [1.165, 1.54) is 69.7 Å². The fraction of sp³-hybridized carbons (Fsp3) is 0.0417. The van der Waals surface area contributed by atoms with Crippen molar-refractivity contribution in [3.8, 4) is 17.2 Å². The van der Waals surface area contributed by atoms with Gasteiger partial charge in [0, 0.05) is 26.4 Å². The van der Waals surface area contributed by atoms with Gasteiger partial charge in [-0.05, 0) is 97.4 Å². The van der Waals surface area contributed by atoms with Crippen LogP contribution in [-0.2, 0) is 6.42 Å². The van der Waals surface area contributed by atoms with Crippen LogP contribution in [0.15, 0.2) is 146 Å². The zero-order valence-corrected chi connectivity index (χ0v) is 28.9. The van der Waals surface area contributed by atoms with Crippen LogP contribution in [0.25, 0.3) is 108 Å². The lowest BCUT2D eigenvalue weighted by Gasteiger charge is -2.18. The molecule has 0 fully saturated rings. The highest BCUT2D eigenvalue weighted by Crippen LogP contribution is 2.44. The molecule has 1 aliphatic carbocycles. The van der Waals surface area contributed by atoms with Crippen LogP contribution in [-0.4, -0.2) is 14.5 Å². The molecule has 3 heterocycles. The van der Waals surface area contributed by atoms with Gasteiger partial charge >= 0.3 is 0 Å². The summed E-state index contributed by atoms with van der Waals surface area (Å²) in [6.07, 6.45) is 6.81. The molecule has 0 amide bonds. The summed E-state index contributed by atoms with van der Waals surface area (Å²) in [5.74, 6) is 0.690. The van der Waals surface area contributed by atoms with Crippen LogP contribution in [0.5, 0.6) is 0 Å². The van der Waals surface area contributed by atoms with Crippen LogP contribution >= 0.6 is 11.3 Å². The Hall–Kier alpha value is -6.36. The molecular formula is C48H29N3S. The molecule has 242 valence electrons. The first-order valence-corrected chi connectivity index (χ1v) is 18.8. The van der Waals surface area contributed by atoms with Crippen molar-refractivity contribution < 1.29 is 0 Å². The molecule has 0 atom stereocenters. The van der Waals surface area contributed by atoms with E-state index in [0.29, 0.717) is 5.95 Å². The molecule has 52 heavy (non-hydrogen) atoms. The SMILES string of the molecule is C1=Cc2c(c3ccccc3c3cc(-c4nc(-n5c6cc7ccccc7cc6c6c7ccccc7ccc65)nc5c4sc4ccccc45)ccc23)CC1. The lowest BCUT2D eigenvalue weighted by Crippen LogP contribution is -2.03. The molecule has 4 heteroatoms. The second kappa shape index (κ2) is 10.6. The maximum atomic E-state index is 5.59. The minimum absolute atomic E-state index is 0.690. The fourth-order valence-electron chi connectivity index (χ4n) is 8.89. The van der Waals surface area contributed by atoms with Gasteiger partial charge in [0.05, 0.1) is 26.9 Å². The number of hydrogen-bond acceptors (Lipinski definition) is 3. The van der Waals surface area contributed by atoms with E-state index in [1.54, 1.807) is 11.3 Å². The fourth-order valence-corrected chi connectivity index (χ4v) is 10.0. The molecule has 0 N–H and O–H groups in total. The zero-order valence-electron chi connectivity index (χ0n) is 28.1. The summed E-state index contributed by atoms with van der Waals surface area (Å²) < 4.78 is 4.63. The van der Waals surface area contributed by atoms with Crippen molar-refractivity contribution in [3.63, 3.8) is 0 Å². The van der Waals surface area contributed by atoms with Gasteiger partial charge < -0.3 is 0 Å². The summed E-state index contributed by atoms with van der Waals surface area (Å²) in [5, 5.41) is 13.7. The third-order valence-electron chi connectivity index (χ3n) is 11.2. The Morgan fingerprint density at radius 2 is 1.29 bits per heavy atom. The Balaban J connectivity index is 1.22. The maximum absolute atomic E-state index is 5.59. The van der Waals surface area contributed by atoms with E-state index in [0.717, 1.165) is 50.7 Å². The molecule has 0 unspecified atom stereocenters. The Morgan fingerprint density at radius 1 is 0.538 bits per heavy atom. The number of hydrogen-bond donors (Lipinski definition) is 0. The van der Waals surface area contributed by atoms with Crippen LogP contribution in [0.3, 0.4) is 0 Å². The predicted octanol–water partition coefficient (Wildman–Crippen LogP) is 13.2. The summed E-state index contributed by atoms with van der Waals surface area (Å²) in [7, 11) is 0. The number of allylic oxidation sites excluding steroid dienone is 1. The van der Waals surface area contributed by atoms with E-state index < -0.39 is 0 Å². The summed E-state index contributed by atoms with van der Waals surface area (Å²) in [5.41, 5.74) is 8.10. The molecule has 0 aliphatic heterocycles. The van der Waals surface area contributed by atoms with Crippen molar-refractivity contribution in [3.05, 3.63) is 157 Å². The van der Waals surface area contributed by atoms with E-state index >= 15 is 0 Å². The highest BCUT2D eigenvalue weighted by Gasteiger charge is 2.22. The Bertz CT molecular complexity index is 3360. The smallest absolute Gasteiger partial charge is 0.235 e. The van der Waals surface area contributed by atoms with E-state index in [-0.39, 0.29) is 0 Å². The first-order valence-electron chi connectivity index (χ1n) is 18.0. The lowest BCUT2D eigenvalue weighted by atomic mass is 9.86. The molecule has 12 rings (SSSR count). The van der Waals surface area contributed by atoms with Gasteiger partial charge in [-0.15, -0.1) is 11.3 Å². The van der Waals surface area contributed by atoms with Crippen molar-refractivity contribution in [2.75, 3.05) is 0 Å². The van der Waals surface area contributed by atoms with Gasteiger partial charge in [-0.25, -0.2) is 9.97 Å². The average Bonchev–Trinajstić information content (AvgIpc) is 3.75. The number of aromatic nitrogens is 3. The molecule has 1 aliphatic rings. The highest BCUT2D eigenvalue weighted by atomic mass is 32.1. The Labute approximate surface area is 302 Å². The molecule has 0 spiro atoms. The van der Waals surface area contributed by atoms with E-state index in [2.05, 4.69) is 156 Å². The third-order valence-corrected chi connectivity index (χ3v) is 12.4. The summed E-state index contributed by atoms with van der Waals surface area (Å²) in [6, 6.07) is 51.0. The van der Waals surface area contributed by atoms with Gasteiger partial charge in [0.15, 0.2) is 0 Å². The normalized spacial score (nSPS) is 13.2. The number of aryl methyl sites for hydroxylation is 1. The monoisotopic (exact) mass is 679 g/mol. The minimum Gasteiger partial charge on any atom is -0.278 e. The first kappa shape index (κ1) is 28.3. The predicted molar refractivity (Wildman–Crippen MR) is 222 cm³/mol. The van der Waals surface area contributed by atoms with Crippen LogP contribution in [0.1, 0.15) is 17.5 Å². The van der Waals surface area contributed by atoms with Gasteiger partial charge in [-0.1, -0.05) is 121 Å². The molecule has 0 saturated heterocycles. The lowest BCUT2D eigenvalue weighted by molar-refractivity contribution is 1.00. The quantitative estimate of drug-likeness (QED) is 0.170. The average molecular weight is 680 g/mol. The highest BCUT2D eigenvalue weighted by molar-refractivity contribution is 7.26. The maximum Gasteiger partial charge on any atom is 0.235 e. The van der Waals surface area contributed by atoms with Crippen LogP contribution in [0.4, 0.5) is 0 Å². The van der Waals surface area contributed by atoms with E-state index in [9.17, 15) is 0 Å². The standard InChI is InChI=1S/C48H29N3S/c1-2-13-30-27-42-40(25-29(30)12-1)44-32-14-4-3-11-28(32)22-24-41(44)51(42)48-49-45(47-46(50-48)38-19-9-10-20-43(38)52-47)31-21-23-37-35-17-6-5-15-33(35)34-16-7-8-18-36(34)39(37)26-31/h1-4,6-14,16-27H,5,15H2. The summed E-state index contributed by atoms with van der Waals surface area (Å²) in [6.45, 7) is 0. The van der Waals surface area contributed by atoms with Crippen LogP contribution in [0, 0.1) is 0 Å². The van der Waals surface area contributed by atoms with E-state index in [4.69, 9.17) is 9.97 Å². The van der Waals surface area contributed by atoms with E-state index in [1.807, 2.05) is 0 Å². The molecule has 3 nitrogen and oxygen atoms in total. The van der Waals surface area contributed by atoms with Crippen LogP contribution < -0.4 is 0 Å². The number of thiophene rings is 1. The largest absolute Gasteiger partial charge is 0.278 e. The van der Waals surface area contributed by atoms with Crippen molar-refractivity contribution in [2.24, 2.45) is 0 Å². The molecule has 0 bridgehead atoms. The van der Waals surface area contributed by atoms with Crippen LogP contribution in [0.2, 0.25) is 0 Å². The van der Waals surface area contributed by atoms with Gasteiger partial charge in [0.1, 0.15) is 0 Å². The molecule has 11 aromatic rings. The third kappa shape index (κ3) is 3.90. The number of benzene rings is 8. The van der Waals surface area contributed by atoms with Crippen molar-refractivity contribution in [1.29, 1.82) is 0 Å². The number of fused-ring (bicyclic) bond motifs is 15. The molecule has 8 aromatic carbocycles. The molecule has 3 aromatic heterocycles.